The lowest BCUT2D eigenvalue weighted by Crippen LogP contribution is -2.41. The monoisotopic (exact) mass is 258 g/mol. The first-order valence-electron chi connectivity index (χ1n) is 4.08. The summed E-state index contributed by atoms with van der Waals surface area (Å²) in [4.78, 5) is 6.29. The van der Waals surface area contributed by atoms with Gasteiger partial charge in [0, 0.05) is 12.4 Å². The van der Waals surface area contributed by atoms with Gasteiger partial charge in [-0.15, -0.1) is 0 Å². The molecule has 0 spiro atoms. The van der Waals surface area contributed by atoms with Crippen molar-refractivity contribution < 1.29 is 21.6 Å². The number of hydrogen-bond donors (Lipinski definition) is 3. The van der Waals surface area contributed by atoms with Gasteiger partial charge in [-0.3, -0.25) is 0 Å². The first-order valence-corrected chi connectivity index (χ1v) is 5.56. The van der Waals surface area contributed by atoms with Gasteiger partial charge in [-0.05, 0) is 0 Å². The number of alkyl halides is 3. The Kier molecular flexibility index (Phi) is 3.88. The van der Waals surface area contributed by atoms with Gasteiger partial charge in [-0.1, -0.05) is 0 Å². The molecule has 16 heavy (non-hydrogen) atoms. The van der Waals surface area contributed by atoms with E-state index in [2.05, 4.69) is 9.97 Å². The fourth-order valence-corrected chi connectivity index (χ4v) is 1.57. The van der Waals surface area contributed by atoms with Gasteiger partial charge in [0.2, 0.25) is 0 Å². The van der Waals surface area contributed by atoms with Crippen LogP contribution in [0.2, 0.25) is 0 Å². The van der Waals surface area contributed by atoms with Crippen LogP contribution in [-0.4, -0.2) is 31.1 Å². The number of nitrogens with one attached hydrogen (secondary N) is 3. The molecule has 0 aliphatic rings. The molecule has 3 N–H and O–H groups in total. The number of imidazole rings is 1. The zero-order chi connectivity index (χ0) is 12.2. The Morgan fingerprint density at radius 1 is 1.38 bits per heavy atom. The average molecular weight is 258 g/mol. The van der Waals surface area contributed by atoms with E-state index in [9.17, 15) is 21.6 Å². The Morgan fingerprint density at radius 3 is 2.56 bits per heavy atom. The van der Waals surface area contributed by atoms with E-state index in [0.717, 1.165) is 0 Å². The van der Waals surface area contributed by atoms with Crippen molar-refractivity contribution >= 4 is 10.2 Å². The molecule has 0 aliphatic heterocycles. The number of aromatic amines is 1. The number of nitrogens with zero attached hydrogens (tertiary/aromatic N) is 1. The summed E-state index contributed by atoms with van der Waals surface area (Å²) < 4.78 is 60.5. The molecule has 1 rings (SSSR count). The van der Waals surface area contributed by atoms with Crippen LogP contribution >= 0.6 is 0 Å². The Balaban J connectivity index is 2.41. The van der Waals surface area contributed by atoms with E-state index in [1.807, 2.05) is 4.72 Å². The van der Waals surface area contributed by atoms with Crippen molar-refractivity contribution in [3.63, 3.8) is 0 Å². The molecule has 1 aromatic rings. The molecule has 0 saturated heterocycles. The van der Waals surface area contributed by atoms with Crippen LogP contribution in [0.3, 0.4) is 0 Å². The Hall–Kier alpha value is -1.13. The fraction of sp³-hybridized carbons (Fsp3) is 0.500. The van der Waals surface area contributed by atoms with Crippen molar-refractivity contribution in [2.24, 2.45) is 0 Å². The summed E-state index contributed by atoms with van der Waals surface area (Å²) in [5.74, 6) is 0.303. The van der Waals surface area contributed by atoms with Crippen molar-refractivity contribution in [2.45, 2.75) is 12.7 Å². The highest BCUT2D eigenvalue weighted by atomic mass is 32.2. The molecule has 0 fully saturated rings. The van der Waals surface area contributed by atoms with E-state index in [4.69, 9.17) is 0 Å². The standard InChI is InChI=1S/C6H9F3N4O2S/c7-6(8,9)4-13-16(14,15)12-3-5-10-1-2-11-5/h1-2,12-13H,3-4H2,(H,10,11). The van der Waals surface area contributed by atoms with Crippen LogP contribution in [0.15, 0.2) is 12.4 Å². The lowest BCUT2D eigenvalue weighted by molar-refractivity contribution is -0.121. The normalized spacial score (nSPS) is 12.9. The van der Waals surface area contributed by atoms with Crippen molar-refractivity contribution in [3.05, 3.63) is 18.2 Å². The Morgan fingerprint density at radius 2 is 2.06 bits per heavy atom. The first kappa shape index (κ1) is 12.9. The third kappa shape index (κ3) is 5.09. The summed E-state index contributed by atoms with van der Waals surface area (Å²) in [7, 11) is -4.17. The van der Waals surface area contributed by atoms with Gasteiger partial charge in [-0.25, -0.2) is 4.98 Å². The second kappa shape index (κ2) is 4.80. The highest BCUT2D eigenvalue weighted by molar-refractivity contribution is 7.87. The average Bonchev–Trinajstić information content (AvgIpc) is 2.64. The summed E-state index contributed by atoms with van der Waals surface area (Å²) >= 11 is 0. The fourth-order valence-electron chi connectivity index (χ4n) is 0.786. The van der Waals surface area contributed by atoms with Gasteiger partial charge in [0.1, 0.15) is 12.4 Å². The van der Waals surface area contributed by atoms with Crippen LogP contribution in [-0.2, 0) is 16.8 Å². The predicted molar refractivity (Wildman–Crippen MR) is 48.4 cm³/mol. The number of rotatable bonds is 5. The van der Waals surface area contributed by atoms with Gasteiger partial charge in [0.15, 0.2) is 0 Å². The van der Waals surface area contributed by atoms with E-state index in [1.54, 1.807) is 0 Å². The Bertz CT molecular complexity index is 413. The number of H-pyrrole nitrogens is 1. The van der Waals surface area contributed by atoms with E-state index in [-0.39, 0.29) is 6.54 Å². The molecule has 0 aliphatic carbocycles. The lowest BCUT2D eigenvalue weighted by Gasteiger charge is -2.09. The molecule has 0 bridgehead atoms. The minimum atomic E-state index is -4.58. The van der Waals surface area contributed by atoms with Crippen LogP contribution in [0.5, 0.6) is 0 Å². The summed E-state index contributed by atoms with van der Waals surface area (Å²) in [5.41, 5.74) is 0. The molecule has 0 amide bonds. The SMILES string of the molecule is O=S(=O)(NCc1ncc[nH]1)NCC(F)(F)F. The minimum absolute atomic E-state index is 0.208. The zero-order valence-electron chi connectivity index (χ0n) is 7.87. The molecule has 0 atom stereocenters. The second-order valence-corrected chi connectivity index (χ2v) is 4.38. The van der Waals surface area contributed by atoms with Crippen LogP contribution in [0.4, 0.5) is 13.2 Å². The molecule has 0 unspecified atom stereocenters. The van der Waals surface area contributed by atoms with Crippen molar-refractivity contribution in [1.82, 2.24) is 19.4 Å². The summed E-state index contributed by atoms with van der Waals surface area (Å²) in [6.07, 6.45) is -1.72. The van der Waals surface area contributed by atoms with Gasteiger partial charge in [-0.2, -0.15) is 31.0 Å². The molecule has 10 heteroatoms. The highest BCUT2D eigenvalue weighted by Crippen LogP contribution is 2.12. The topological polar surface area (TPSA) is 86.9 Å². The molecule has 0 radical (unpaired) electrons. The second-order valence-electron chi connectivity index (χ2n) is 2.80. The first-order chi connectivity index (χ1) is 7.29. The Labute approximate surface area is 89.4 Å². The maximum absolute atomic E-state index is 11.7. The summed E-state index contributed by atoms with van der Waals surface area (Å²) in [6, 6.07) is 0. The van der Waals surface area contributed by atoms with Crippen LogP contribution in [0.25, 0.3) is 0 Å². The lowest BCUT2D eigenvalue weighted by atomic mass is 10.6. The molecular weight excluding hydrogens is 249 g/mol. The van der Waals surface area contributed by atoms with Gasteiger partial charge in [0.25, 0.3) is 10.2 Å². The maximum Gasteiger partial charge on any atom is 0.402 e. The molecule has 1 heterocycles. The van der Waals surface area contributed by atoms with Crippen molar-refractivity contribution in [2.75, 3.05) is 6.54 Å². The molecular formula is C6H9F3N4O2S. The zero-order valence-corrected chi connectivity index (χ0v) is 8.69. The number of halogens is 3. The van der Waals surface area contributed by atoms with Gasteiger partial charge >= 0.3 is 6.18 Å². The maximum atomic E-state index is 11.7. The van der Waals surface area contributed by atoms with Crippen LogP contribution in [0.1, 0.15) is 5.82 Å². The largest absolute Gasteiger partial charge is 0.402 e. The smallest absolute Gasteiger partial charge is 0.347 e. The van der Waals surface area contributed by atoms with E-state index in [1.165, 1.54) is 17.1 Å². The quantitative estimate of drug-likeness (QED) is 0.689. The molecule has 0 aromatic carbocycles. The minimum Gasteiger partial charge on any atom is -0.347 e. The summed E-state index contributed by atoms with van der Waals surface area (Å²) in [5, 5.41) is 0. The third-order valence-electron chi connectivity index (χ3n) is 1.45. The molecule has 0 saturated carbocycles. The number of hydrogen-bond acceptors (Lipinski definition) is 3. The predicted octanol–water partition coefficient (Wildman–Crippen LogP) is -0.104. The van der Waals surface area contributed by atoms with Crippen molar-refractivity contribution in [3.8, 4) is 0 Å². The van der Waals surface area contributed by atoms with Crippen LogP contribution < -0.4 is 9.44 Å². The number of aromatic nitrogens is 2. The van der Waals surface area contributed by atoms with Gasteiger partial charge < -0.3 is 4.98 Å². The summed E-state index contributed by atoms with van der Waals surface area (Å²) in [6.45, 7) is -1.82. The van der Waals surface area contributed by atoms with E-state index < -0.39 is 22.9 Å². The highest BCUT2D eigenvalue weighted by Gasteiger charge is 2.29. The molecule has 6 nitrogen and oxygen atoms in total. The van der Waals surface area contributed by atoms with Gasteiger partial charge in [0.05, 0.1) is 6.54 Å². The van der Waals surface area contributed by atoms with Crippen molar-refractivity contribution in [1.29, 1.82) is 0 Å². The van der Waals surface area contributed by atoms with E-state index in [0.29, 0.717) is 5.82 Å². The van der Waals surface area contributed by atoms with Crippen LogP contribution in [0, 0.1) is 0 Å². The van der Waals surface area contributed by atoms with E-state index >= 15 is 0 Å². The molecule has 1 aromatic heterocycles. The third-order valence-corrected chi connectivity index (χ3v) is 2.50. The molecule has 92 valence electrons.